The summed E-state index contributed by atoms with van der Waals surface area (Å²) >= 11 is 11.4. The van der Waals surface area contributed by atoms with E-state index in [1.807, 2.05) is 0 Å². The molecule has 98 valence electrons. The molecule has 8 nitrogen and oxygen atoms in total. The summed E-state index contributed by atoms with van der Waals surface area (Å²) < 4.78 is 0. The number of hydrogen-bond acceptors (Lipinski definition) is 6. The zero-order valence-corrected chi connectivity index (χ0v) is 10.4. The molecule has 0 N–H and O–H groups in total. The molecular formula is C9H3Cl2N3O5. The Morgan fingerprint density at radius 3 is 2.37 bits per heavy atom. The lowest BCUT2D eigenvalue weighted by Gasteiger charge is -2.09. The highest BCUT2D eigenvalue weighted by molar-refractivity contribution is 6.44. The van der Waals surface area contributed by atoms with Crippen LogP contribution in [-0.4, -0.2) is 21.5 Å². The van der Waals surface area contributed by atoms with Gasteiger partial charge in [-0.05, 0) is 9.92 Å². The van der Waals surface area contributed by atoms with Crippen LogP contribution < -0.4 is 0 Å². The van der Waals surface area contributed by atoms with Gasteiger partial charge in [0, 0.05) is 6.07 Å². The van der Waals surface area contributed by atoms with Gasteiger partial charge in [-0.25, -0.2) is 0 Å². The molecule has 1 aromatic carbocycles. The van der Waals surface area contributed by atoms with Crippen molar-refractivity contribution in [3.05, 3.63) is 41.9 Å². The maximum absolute atomic E-state index is 11.8. The third-order valence-electron chi connectivity index (χ3n) is 2.41. The number of rotatable bonds is 1. The van der Waals surface area contributed by atoms with Gasteiger partial charge < -0.3 is 10.1 Å². The lowest BCUT2D eigenvalue weighted by molar-refractivity contribution is -0.385. The first-order chi connectivity index (χ1) is 8.82. The van der Waals surface area contributed by atoms with Crippen LogP contribution in [0, 0.1) is 20.2 Å². The van der Waals surface area contributed by atoms with Crippen LogP contribution in [0.4, 0.5) is 11.4 Å². The van der Waals surface area contributed by atoms with Gasteiger partial charge in [-0.2, -0.15) is 0 Å². The molecule has 0 aromatic heterocycles. The second-order valence-electron chi connectivity index (χ2n) is 3.56. The number of nitro groups is 2. The molecule has 1 heterocycles. The van der Waals surface area contributed by atoms with Gasteiger partial charge in [-0.1, -0.05) is 23.2 Å². The van der Waals surface area contributed by atoms with Crippen molar-refractivity contribution in [2.24, 2.45) is 4.99 Å². The van der Waals surface area contributed by atoms with E-state index in [2.05, 4.69) is 4.99 Å². The quantitative estimate of drug-likeness (QED) is 0.584. The Bertz CT molecular complexity index is 670. The zero-order valence-electron chi connectivity index (χ0n) is 8.92. The molecule has 0 spiro atoms. The van der Waals surface area contributed by atoms with Crippen molar-refractivity contribution in [3.63, 3.8) is 0 Å². The first-order valence-electron chi connectivity index (χ1n) is 4.74. The van der Waals surface area contributed by atoms with Crippen molar-refractivity contribution >= 4 is 46.2 Å². The molecule has 0 radical (unpaired) electrons. The maximum atomic E-state index is 11.8. The van der Waals surface area contributed by atoms with Crippen LogP contribution in [0.1, 0.15) is 16.8 Å². The van der Waals surface area contributed by atoms with Crippen LogP contribution in [0.15, 0.2) is 11.1 Å². The number of carbonyl (C=O) groups is 1. The number of benzene rings is 1. The minimum atomic E-state index is -0.863. The van der Waals surface area contributed by atoms with E-state index in [1.165, 1.54) is 0 Å². The lowest BCUT2D eigenvalue weighted by Crippen LogP contribution is -2.21. The smallest absolute Gasteiger partial charge is 0.347 e. The van der Waals surface area contributed by atoms with E-state index in [0.29, 0.717) is 0 Å². The summed E-state index contributed by atoms with van der Waals surface area (Å²) in [5.74, 6) is -1.38. The Hall–Kier alpha value is -2.06. The largest absolute Gasteiger partial charge is 0.358 e. The third-order valence-corrected chi connectivity index (χ3v) is 3.19. The summed E-state index contributed by atoms with van der Waals surface area (Å²) in [4.78, 5) is 35.2. The number of halogens is 2. The molecule has 0 fully saturated rings. The first-order valence-corrected chi connectivity index (χ1v) is 5.50. The van der Waals surface area contributed by atoms with Gasteiger partial charge in [-0.3, -0.25) is 14.9 Å². The average molecular weight is 304 g/mol. The predicted molar refractivity (Wildman–Crippen MR) is 66.2 cm³/mol. The van der Waals surface area contributed by atoms with Crippen molar-refractivity contribution in [3.8, 4) is 0 Å². The number of amidine groups is 1. The zero-order chi connectivity index (χ0) is 14.3. The van der Waals surface area contributed by atoms with Crippen LogP contribution in [0.25, 0.3) is 0 Å². The van der Waals surface area contributed by atoms with Crippen LogP contribution in [-0.2, 0) is 0 Å². The molecular weight excluding hydrogens is 301 g/mol. The van der Waals surface area contributed by atoms with Crippen molar-refractivity contribution in [1.82, 2.24) is 0 Å². The van der Waals surface area contributed by atoms with Crippen molar-refractivity contribution in [2.45, 2.75) is 6.42 Å². The highest BCUT2D eigenvalue weighted by Gasteiger charge is 2.38. The molecule has 0 aliphatic carbocycles. The lowest BCUT2D eigenvalue weighted by atomic mass is 10.0. The summed E-state index contributed by atoms with van der Waals surface area (Å²) in [6.07, 6.45) is -0.626. The highest BCUT2D eigenvalue weighted by Crippen LogP contribution is 2.42. The fourth-order valence-electron chi connectivity index (χ4n) is 1.65. The van der Waals surface area contributed by atoms with Gasteiger partial charge in [0.1, 0.15) is 17.0 Å². The minimum absolute atomic E-state index is 0.201. The van der Waals surface area contributed by atoms with Crippen molar-refractivity contribution in [1.29, 1.82) is 0 Å². The molecule has 19 heavy (non-hydrogen) atoms. The SMILES string of the molecule is O=C1CC([N+](=O)[O-])=Nc2cc(Cl)c(Cl)c([N+](=O)[O-])c21. The summed E-state index contributed by atoms with van der Waals surface area (Å²) in [6.45, 7) is 0. The molecule has 0 unspecified atom stereocenters. The summed E-state index contributed by atoms with van der Waals surface area (Å²) in [6, 6.07) is 1.09. The molecule has 2 rings (SSSR count). The molecule has 0 amide bonds. The van der Waals surface area contributed by atoms with Crippen LogP contribution in [0.2, 0.25) is 10.0 Å². The molecule has 0 saturated heterocycles. The normalized spacial score (nSPS) is 13.8. The first kappa shape index (κ1) is 13.4. The van der Waals surface area contributed by atoms with E-state index in [-0.39, 0.29) is 16.3 Å². The molecule has 1 aliphatic heterocycles. The molecule has 0 bridgehead atoms. The Labute approximate surface area is 114 Å². The van der Waals surface area contributed by atoms with Gasteiger partial charge in [0.25, 0.3) is 0 Å². The Morgan fingerprint density at radius 2 is 1.84 bits per heavy atom. The van der Waals surface area contributed by atoms with Gasteiger partial charge >= 0.3 is 11.5 Å². The van der Waals surface area contributed by atoms with Gasteiger partial charge in [0.15, 0.2) is 11.5 Å². The number of nitro benzene ring substituents is 1. The summed E-state index contributed by atoms with van der Waals surface area (Å²) in [7, 11) is 0. The van der Waals surface area contributed by atoms with Crippen molar-refractivity contribution in [2.75, 3.05) is 0 Å². The predicted octanol–water partition coefficient (Wildman–Crippen LogP) is 2.79. The summed E-state index contributed by atoms with van der Waals surface area (Å²) in [5, 5.41) is 21.0. The fourth-order valence-corrected chi connectivity index (χ4v) is 2.06. The third kappa shape index (κ3) is 2.15. The number of hydrogen-bond donors (Lipinski definition) is 0. The Morgan fingerprint density at radius 1 is 1.21 bits per heavy atom. The van der Waals surface area contributed by atoms with Crippen LogP contribution in [0.5, 0.6) is 0 Å². The minimum Gasteiger partial charge on any atom is -0.358 e. The standard InChI is InChI=1S/C9H3Cl2N3O5/c10-3-1-4-7(9(8(3)11)14(18)19)5(15)2-6(12-4)13(16)17/h1H,2H2. The Kier molecular flexibility index (Phi) is 3.21. The van der Waals surface area contributed by atoms with E-state index >= 15 is 0 Å². The van der Waals surface area contributed by atoms with E-state index in [0.717, 1.165) is 6.07 Å². The number of fused-ring (bicyclic) bond motifs is 1. The van der Waals surface area contributed by atoms with Crippen LogP contribution >= 0.6 is 23.2 Å². The summed E-state index contributed by atoms with van der Waals surface area (Å²) in [5.41, 5.74) is -1.26. The average Bonchev–Trinajstić information content (AvgIpc) is 2.30. The molecule has 1 aromatic rings. The number of aliphatic imine (C=N–C) groups is 1. The highest BCUT2D eigenvalue weighted by atomic mass is 35.5. The monoisotopic (exact) mass is 303 g/mol. The van der Waals surface area contributed by atoms with Crippen molar-refractivity contribution < 1.29 is 14.6 Å². The van der Waals surface area contributed by atoms with Gasteiger partial charge in [-0.15, -0.1) is 0 Å². The van der Waals surface area contributed by atoms with Crippen LogP contribution in [0.3, 0.4) is 0 Å². The second-order valence-corrected chi connectivity index (χ2v) is 4.34. The molecule has 0 saturated carbocycles. The van der Waals surface area contributed by atoms with E-state index in [9.17, 15) is 25.0 Å². The molecule has 1 aliphatic rings. The molecule has 10 heteroatoms. The fraction of sp³-hybridized carbons (Fsp3) is 0.111. The maximum Gasteiger partial charge on any atom is 0.347 e. The molecule has 0 atom stereocenters. The van der Waals surface area contributed by atoms with Gasteiger partial charge in [0.05, 0.1) is 9.95 Å². The number of ketones is 1. The van der Waals surface area contributed by atoms with E-state index in [4.69, 9.17) is 23.2 Å². The number of carbonyl (C=O) groups excluding carboxylic acids is 1. The Balaban J connectivity index is 2.81. The number of nitrogens with zero attached hydrogens (tertiary/aromatic N) is 3. The van der Waals surface area contributed by atoms with E-state index < -0.39 is 38.6 Å². The number of Topliss-reactive ketones (excluding diaryl/α,β-unsaturated/α-hetero) is 1. The van der Waals surface area contributed by atoms with E-state index in [1.54, 1.807) is 0 Å². The second kappa shape index (κ2) is 4.56. The topological polar surface area (TPSA) is 116 Å². The van der Waals surface area contributed by atoms with Gasteiger partial charge in [0.2, 0.25) is 0 Å².